The number of halogens is 2. The molecule has 0 radical (unpaired) electrons. The number of rotatable bonds is 9. The van der Waals surface area contributed by atoms with E-state index in [1.807, 2.05) is 31.2 Å². The number of anilines is 1. The van der Waals surface area contributed by atoms with E-state index in [2.05, 4.69) is 5.32 Å². The van der Waals surface area contributed by atoms with Gasteiger partial charge in [-0.05, 0) is 66.6 Å². The molecule has 8 heteroatoms. The van der Waals surface area contributed by atoms with Crippen molar-refractivity contribution >= 4 is 34.6 Å². The molecule has 6 nitrogen and oxygen atoms in total. The van der Waals surface area contributed by atoms with E-state index < -0.39 is 4.92 Å². The number of ether oxygens (including phenoxy) is 2. The van der Waals surface area contributed by atoms with Gasteiger partial charge in [-0.1, -0.05) is 23.2 Å². The average molecular weight is 447 g/mol. The fourth-order valence-corrected chi connectivity index (χ4v) is 3.40. The highest BCUT2D eigenvalue weighted by atomic mass is 35.5. The molecule has 3 aromatic carbocycles. The molecule has 30 heavy (non-hydrogen) atoms. The molecular formula is C22H20Cl2N2O4. The van der Waals surface area contributed by atoms with Crippen LogP contribution in [0.2, 0.25) is 10.0 Å². The molecule has 0 spiro atoms. The van der Waals surface area contributed by atoms with Gasteiger partial charge in [0.05, 0.1) is 21.6 Å². The lowest BCUT2D eigenvalue weighted by Gasteiger charge is -2.13. The van der Waals surface area contributed by atoms with E-state index in [0.717, 1.165) is 22.6 Å². The maximum absolute atomic E-state index is 10.7. The van der Waals surface area contributed by atoms with Crippen molar-refractivity contribution in [1.82, 2.24) is 0 Å². The maximum Gasteiger partial charge on any atom is 0.269 e. The van der Waals surface area contributed by atoms with Crippen LogP contribution in [-0.4, -0.2) is 11.5 Å². The average Bonchev–Trinajstić information content (AvgIpc) is 2.73. The minimum Gasteiger partial charge on any atom is -0.494 e. The predicted octanol–water partition coefficient (Wildman–Crippen LogP) is 6.49. The van der Waals surface area contributed by atoms with Gasteiger partial charge in [-0.25, -0.2) is 0 Å². The summed E-state index contributed by atoms with van der Waals surface area (Å²) in [5.41, 5.74) is 2.65. The molecule has 0 saturated carbocycles. The molecule has 0 saturated heterocycles. The van der Waals surface area contributed by atoms with Gasteiger partial charge in [0.25, 0.3) is 5.69 Å². The summed E-state index contributed by atoms with van der Waals surface area (Å²) in [7, 11) is 0. The summed E-state index contributed by atoms with van der Waals surface area (Å²) in [5, 5.41) is 14.8. The van der Waals surface area contributed by atoms with Crippen molar-refractivity contribution < 1.29 is 14.4 Å². The first-order valence-corrected chi connectivity index (χ1v) is 10.0. The van der Waals surface area contributed by atoms with Crippen LogP contribution in [0.5, 0.6) is 11.5 Å². The zero-order chi connectivity index (χ0) is 21.5. The lowest BCUT2D eigenvalue weighted by atomic mass is 10.2. The van der Waals surface area contributed by atoms with Crippen molar-refractivity contribution in [2.75, 3.05) is 11.9 Å². The first-order chi connectivity index (χ1) is 14.5. The Morgan fingerprint density at radius 3 is 2.13 bits per heavy atom. The third-order valence-corrected chi connectivity index (χ3v) is 4.81. The number of nitrogens with one attached hydrogen (secondary N) is 1. The first kappa shape index (κ1) is 21.7. The summed E-state index contributed by atoms with van der Waals surface area (Å²) >= 11 is 12.7. The monoisotopic (exact) mass is 446 g/mol. The summed E-state index contributed by atoms with van der Waals surface area (Å²) in [6.45, 7) is 3.30. The van der Waals surface area contributed by atoms with Gasteiger partial charge in [-0.2, -0.15) is 0 Å². The number of nitro groups is 1. The van der Waals surface area contributed by atoms with E-state index in [-0.39, 0.29) is 12.3 Å². The summed E-state index contributed by atoms with van der Waals surface area (Å²) < 4.78 is 11.2. The third-order valence-electron chi connectivity index (χ3n) is 4.25. The molecule has 0 atom stereocenters. The van der Waals surface area contributed by atoms with Crippen molar-refractivity contribution in [2.24, 2.45) is 0 Å². The van der Waals surface area contributed by atoms with E-state index in [0.29, 0.717) is 28.9 Å². The molecule has 0 bridgehead atoms. The number of benzene rings is 3. The first-order valence-electron chi connectivity index (χ1n) is 9.27. The third kappa shape index (κ3) is 5.78. The van der Waals surface area contributed by atoms with Crippen molar-refractivity contribution in [2.45, 2.75) is 20.1 Å². The van der Waals surface area contributed by atoms with Crippen molar-refractivity contribution in [1.29, 1.82) is 0 Å². The zero-order valence-corrected chi connectivity index (χ0v) is 17.7. The molecule has 0 unspecified atom stereocenters. The Kier molecular flexibility index (Phi) is 7.38. The predicted molar refractivity (Wildman–Crippen MR) is 119 cm³/mol. The smallest absolute Gasteiger partial charge is 0.269 e. The Bertz CT molecular complexity index is 986. The highest BCUT2D eigenvalue weighted by Crippen LogP contribution is 2.35. The number of nitrogens with zero attached hydrogens (tertiary/aromatic N) is 1. The number of hydrogen-bond donors (Lipinski definition) is 1. The van der Waals surface area contributed by atoms with E-state index in [1.165, 1.54) is 12.1 Å². The molecule has 0 aromatic heterocycles. The van der Waals surface area contributed by atoms with Gasteiger partial charge in [0.2, 0.25) is 0 Å². The Morgan fingerprint density at radius 2 is 1.57 bits per heavy atom. The van der Waals surface area contributed by atoms with Gasteiger partial charge < -0.3 is 14.8 Å². The summed E-state index contributed by atoms with van der Waals surface area (Å²) in [4.78, 5) is 10.3. The molecule has 0 aliphatic rings. The van der Waals surface area contributed by atoms with Crippen LogP contribution in [0.1, 0.15) is 18.1 Å². The highest BCUT2D eigenvalue weighted by Gasteiger charge is 2.11. The quantitative estimate of drug-likeness (QED) is 0.300. The molecule has 1 N–H and O–H groups in total. The maximum atomic E-state index is 10.7. The zero-order valence-electron chi connectivity index (χ0n) is 16.2. The summed E-state index contributed by atoms with van der Waals surface area (Å²) in [6, 6.07) is 17.4. The van der Waals surface area contributed by atoms with Crippen LogP contribution in [0.25, 0.3) is 0 Å². The van der Waals surface area contributed by atoms with E-state index in [1.54, 1.807) is 24.3 Å². The van der Waals surface area contributed by atoms with Crippen LogP contribution < -0.4 is 14.8 Å². The number of nitro benzene ring substituents is 1. The van der Waals surface area contributed by atoms with Gasteiger partial charge in [0.15, 0.2) is 5.75 Å². The van der Waals surface area contributed by atoms with Crippen LogP contribution in [0.3, 0.4) is 0 Å². The van der Waals surface area contributed by atoms with Gasteiger partial charge in [-0.15, -0.1) is 0 Å². The molecule has 0 heterocycles. The Labute approximate surface area is 184 Å². The number of hydrogen-bond acceptors (Lipinski definition) is 5. The molecule has 0 aliphatic heterocycles. The van der Waals surface area contributed by atoms with E-state index in [4.69, 9.17) is 32.7 Å². The Morgan fingerprint density at radius 1 is 0.933 bits per heavy atom. The fourth-order valence-electron chi connectivity index (χ4n) is 2.76. The molecule has 3 aromatic rings. The lowest BCUT2D eigenvalue weighted by Crippen LogP contribution is -2.01. The normalized spacial score (nSPS) is 10.5. The second-order valence-electron chi connectivity index (χ2n) is 6.41. The minimum atomic E-state index is -0.446. The topological polar surface area (TPSA) is 73.6 Å². The summed E-state index contributed by atoms with van der Waals surface area (Å²) in [5.74, 6) is 1.20. The second-order valence-corrected chi connectivity index (χ2v) is 7.23. The lowest BCUT2D eigenvalue weighted by molar-refractivity contribution is -0.384. The van der Waals surface area contributed by atoms with Gasteiger partial charge in [-0.3, -0.25) is 10.1 Å². The minimum absolute atomic E-state index is 0.0270. The second kappa shape index (κ2) is 10.2. The SMILES string of the molecule is CCOc1ccc(NCc2cc(Cl)c(OCc3ccc([N+](=O)[O-])cc3)c(Cl)c2)cc1. The van der Waals surface area contributed by atoms with Crippen LogP contribution in [0.4, 0.5) is 11.4 Å². The molecule has 156 valence electrons. The van der Waals surface area contributed by atoms with Crippen molar-refractivity contribution in [3.63, 3.8) is 0 Å². The van der Waals surface area contributed by atoms with Crippen LogP contribution in [-0.2, 0) is 13.2 Å². The standard InChI is InChI=1S/C22H20Cl2N2O4/c1-2-29-19-9-5-17(6-10-19)25-13-16-11-20(23)22(21(24)12-16)30-14-15-3-7-18(8-4-15)26(27)28/h3-12,25H,2,13-14H2,1H3. The van der Waals surface area contributed by atoms with Gasteiger partial charge >= 0.3 is 0 Å². The molecular weight excluding hydrogens is 427 g/mol. The summed E-state index contributed by atoms with van der Waals surface area (Å²) in [6.07, 6.45) is 0. The van der Waals surface area contributed by atoms with Crippen molar-refractivity contribution in [3.05, 3.63) is 92.0 Å². The fraction of sp³-hybridized carbons (Fsp3) is 0.182. The molecule has 0 amide bonds. The molecule has 3 rings (SSSR count). The number of non-ortho nitro benzene ring substituents is 1. The van der Waals surface area contributed by atoms with Crippen LogP contribution in [0, 0.1) is 10.1 Å². The van der Waals surface area contributed by atoms with Crippen molar-refractivity contribution in [3.8, 4) is 11.5 Å². The highest BCUT2D eigenvalue weighted by molar-refractivity contribution is 6.37. The van der Waals surface area contributed by atoms with Crippen LogP contribution >= 0.6 is 23.2 Å². The van der Waals surface area contributed by atoms with Gasteiger partial charge in [0, 0.05) is 24.4 Å². The van der Waals surface area contributed by atoms with Gasteiger partial charge in [0.1, 0.15) is 12.4 Å². The molecule has 0 fully saturated rings. The Balaban J connectivity index is 1.61. The van der Waals surface area contributed by atoms with Crippen LogP contribution in [0.15, 0.2) is 60.7 Å². The molecule has 0 aliphatic carbocycles. The largest absolute Gasteiger partial charge is 0.494 e. The van der Waals surface area contributed by atoms with E-state index in [9.17, 15) is 10.1 Å². The van der Waals surface area contributed by atoms with E-state index >= 15 is 0 Å². The Hall–Kier alpha value is -2.96.